The van der Waals surface area contributed by atoms with Gasteiger partial charge in [-0.25, -0.2) is 14.0 Å². The molecular weight excluding hydrogens is 339 g/mol. The third kappa shape index (κ3) is 3.19. The molecule has 132 valence electrons. The number of rotatable bonds is 3. The maximum Gasteiger partial charge on any atom is 0.355 e. The Morgan fingerprint density at radius 3 is 2.58 bits per heavy atom. The molecule has 0 spiro atoms. The SMILES string of the molecule is COC(=O)C1=C(C(=O)OC)N(c2ccc3ncc(F)cc3c2)C=CC=C1. The Labute approximate surface area is 148 Å². The molecule has 2 heterocycles. The van der Waals surface area contributed by atoms with Gasteiger partial charge in [-0.15, -0.1) is 0 Å². The summed E-state index contributed by atoms with van der Waals surface area (Å²) in [6, 6.07) is 6.41. The second-order valence-corrected chi connectivity index (χ2v) is 5.35. The first-order valence-electron chi connectivity index (χ1n) is 7.65. The molecule has 0 N–H and O–H groups in total. The van der Waals surface area contributed by atoms with Gasteiger partial charge in [0.15, 0.2) is 0 Å². The number of fused-ring (bicyclic) bond motifs is 1. The first-order chi connectivity index (χ1) is 12.5. The number of ether oxygens (including phenoxy) is 2. The zero-order valence-electron chi connectivity index (χ0n) is 14.1. The number of halogens is 1. The summed E-state index contributed by atoms with van der Waals surface area (Å²) in [6.45, 7) is 0. The number of carbonyl (C=O) groups excluding carboxylic acids is 2. The van der Waals surface area contributed by atoms with Crippen LogP contribution in [0.4, 0.5) is 10.1 Å². The highest BCUT2D eigenvalue weighted by molar-refractivity contribution is 6.05. The van der Waals surface area contributed by atoms with Crippen LogP contribution in [0.5, 0.6) is 0 Å². The van der Waals surface area contributed by atoms with Crippen molar-refractivity contribution in [3.63, 3.8) is 0 Å². The Balaban J connectivity index is 2.20. The van der Waals surface area contributed by atoms with Gasteiger partial charge in [0.05, 0.1) is 31.5 Å². The van der Waals surface area contributed by atoms with Gasteiger partial charge < -0.3 is 14.4 Å². The largest absolute Gasteiger partial charge is 0.465 e. The molecule has 0 saturated carbocycles. The molecule has 3 rings (SSSR count). The number of hydrogen-bond acceptors (Lipinski definition) is 6. The van der Waals surface area contributed by atoms with Gasteiger partial charge in [-0.3, -0.25) is 4.98 Å². The molecule has 2 aromatic rings. The lowest BCUT2D eigenvalue weighted by Crippen LogP contribution is -2.26. The summed E-state index contributed by atoms with van der Waals surface area (Å²) in [7, 11) is 2.45. The Kier molecular flexibility index (Phi) is 4.79. The highest BCUT2D eigenvalue weighted by Gasteiger charge is 2.27. The van der Waals surface area contributed by atoms with Crippen molar-refractivity contribution in [2.24, 2.45) is 0 Å². The zero-order valence-corrected chi connectivity index (χ0v) is 14.1. The minimum atomic E-state index is -0.709. The molecule has 0 bridgehead atoms. The molecule has 7 heteroatoms. The number of nitrogens with zero attached hydrogens (tertiary/aromatic N) is 2. The van der Waals surface area contributed by atoms with Gasteiger partial charge in [0, 0.05) is 17.3 Å². The van der Waals surface area contributed by atoms with Crippen molar-refractivity contribution in [2.45, 2.75) is 0 Å². The maximum absolute atomic E-state index is 13.5. The number of hydrogen-bond donors (Lipinski definition) is 0. The molecule has 6 nitrogen and oxygen atoms in total. The van der Waals surface area contributed by atoms with E-state index in [0.717, 1.165) is 6.20 Å². The molecule has 1 aliphatic heterocycles. The average molecular weight is 354 g/mol. The summed E-state index contributed by atoms with van der Waals surface area (Å²) in [5.74, 6) is -1.86. The van der Waals surface area contributed by atoms with Crippen LogP contribution in [-0.2, 0) is 19.1 Å². The summed E-state index contributed by atoms with van der Waals surface area (Å²) in [5, 5.41) is 0.553. The summed E-state index contributed by atoms with van der Waals surface area (Å²) in [6.07, 6.45) is 7.47. The van der Waals surface area contributed by atoms with E-state index in [9.17, 15) is 14.0 Å². The van der Waals surface area contributed by atoms with Crippen LogP contribution in [0.15, 0.2) is 66.2 Å². The number of aromatic nitrogens is 1. The molecule has 0 saturated heterocycles. The van der Waals surface area contributed by atoms with Crippen LogP contribution >= 0.6 is 0 Å². The van der Waals surface area contributed by atoms with E-state index in [4.69, 9.17) is 9.47 Å². The van der Waals surface area contributed by atoms with Crippen LogP contribution in [0.3, 0.4) is 0 Å². The monoisotopic (exact) mass is 354 g/mol. The van der Waals surface area contributed by atoms with Crippen molar-refractivity contribution in [2.75, 3.05) is 19.1 Å². The fourth-order valence-electron chi connectivity index (χ4n) is 2.61. The standard InChI is InChI=1S/C19H15FN2O4/c1-25-18(23)15-5-3-4-8-22(17(15)19(24)26-2)14-6-7-16-12(10-14)9-13(20)11-21-16/h3-11H,1-2H3. The van der Waals surface area contributed by atoms with Crippen molar-refractivity contribution in [3.05, 3.63) is 72.0 Å². The lowest BCUT2D eigenvalue weighted by Gasteiger charge is -2.23. The number of pyridine rings is 1. The van der Waals surface area contributed by atoms with Crippen LogP contribution in [0, 0.1) is 5.82 Å². The predicted octanol–water partition coefficient (Wildman–Crippen LogP) is 2.86. The summed E-state index contributed by atoms with van der Waals surface area (Å²) in [5.41, 5.74) is 1.17. The molecule has 1 aromatic carbocycles. The predicted molar refractivity (Wildman–Crippen MR) is 93.5 cm³/mol. The quantitative estimate of drug-likeness (QED) is 0.790. The minimum Gasteiger partial charge on any atom is -0.465 e. The average Bonchev–Trinajstić information content (AvgIpc) is 2.89. The molecular formula is C19H15FN2O4. The van der Waals surface area contributed by atoms with Crippen LogP contribution in [0.2, 0.25) is 0 Å². The van der Waals surface area contributed by atoms with E-state index in [1.807, 2.05) is 0 Å². The second kappa shape index (κ2) is 7.18. The molecule has 0 atom stereocenters. The topological polar surface area (TPSA) is 68.7 Å². The molecule has 26 heavy (non-hydrogen) atoms. The summed E-state index contributed by atoms with van der Waals surface area (Å²) < 4.78 is 23.1. The smallest absolute Gasteiger partial charge is 0.355 e. The Morgan fingerprint density at radius 2 is 1.85 bits per heavy atom. The molecule has 1 aromatic heterocycles. The van der Waals surface area contributed by atoms with E-state index in [1.165, 1.54) is 31.3 Å². The number of esters is 2. The van der Waals surface area contributed by atoms with Crippen molar-refractivity contribution < 1.29 is 23.5 Å². The molecule has 0 fully saturated rings. The number of anilines is 1. The molecule has 0 amide bonds. The van der Waals surface area contributed by atoms with E-state index in [1.54, 1.807) is 36.6 Å². The summed E-state index contributed by atoms with van der Waals surface area (Å²) in [4.78, 5) is 30.0. The van der Waals surface area contributed by atoms with E-state index < -0.39 is 17.8 Å². The zero-order chi connectivity index (χ0) is 18.7. The lowest BCUT2D eigenvalue weighted by atomic mass is 10.1. The fourth-order valence-corrected chi connectivity index (χ4v) is 2.61. The maximum atomic E-state index is 13.5. The Hall–Kier alpha value is -3.48. The van der Waals surface area contributed by atoms with Crippen LogP contribution in [-0.4, -0.2) is 31.1 Å². The Morgan fingerprint density at radius 1 is 1.08 bits per heavy atom. The van der Waals surface area contributed by atoms with Gasteiger partial charge >= 0.3 is 11.9 Å². The van der Waals surface area contributed by atoms with Gasteiger partial charge in [-0.1, -0.05) is 6.08 Å². The molecule has 1 aliphatic rings. The fraction of sp³-hybridized carbons (Fsp3) is 0.105. The minimum absolute atomic E-state index is 0.00642. The van der Waals surface area contributed by atoms with E-state index in [0.29, 0.717) is 16.6 Å². The van der Waals surface area contributed by atoms with Gasteiger partial charge in [-0.2, -0.15) is 0 Å². The normalized spacial score (nSPS) is 13.7. The Bertz CT molecular complexity index is 979. The van der Waals surface area contributed by atoms with Crippen LogP contribution in [0.1, 0.15) is 0 Å². The number of carbonyl (C=O) groups is 2. The van der Waals surface area contributed by atoms with E-state index >= 15 is 0 Å². The first-order valence-corrected chi connectivity index (χ1v) is 7.65. The van der Waals surface area contributed by atoms with Gasteiger partial charge in [0.25, 0.3) is 0 Å². The van der Waals surface area contributed by atoms with Crippen molar-refractivity contribution in [3.8, 4) is 0 Å². The van der Waals surface area contributed by atoms with Crippen LogP contribution < -0.4 is 4.90 Å². The summed E-state index contributed by atoms with van der Waals surface area (Å²) >= 11 is 0. The highest BCUT2D eigenvalue weighted by Crippen LogP contribution is 2.28. The third-order valence-corrected chi connectivity index (χ3v) is 3.80. The van der Waals surface area contributed by atoms with Crippen molar-refractivity contribution in [1.82, 2.24) is 4.98 Å². The van der Waals surface area contributed by atoms with Gasteiger partial charge in [-0.05, 0) is 36.4 Å². The van der Waals surface area contributed by atoms with Gasteiger partial charge in [0.1, 0.15) is 11.5 Å². The third-order valence-electron chi connectivity index (χ3n) is 3.80. The van der Waals surface area contributed by atoms with Crippen LogP contribution in [0.25, 0.3) is 10.9 Å². The molecule has 0 radical (unpaired) electrons. The van der Waals surface area contributed by atoms with Gasteiger partial charge in [0.2, 0.25) is 0 Å². The van der Waals surface area contributed by atoms with Crippen molar-refractivity contribution >= 4 is 28.5 Å². The van der Waals surface area contributed by atoms with E-state index in [-0.39, 0.29) is 11.3 Å². The number of methoxy groups -OCH3 is 2. The van der Waals surface area contributed by atoms with E-state index in [2.05, 4.69) is 4.98 Å². The van der Waals surface area contributed by atoms with Crippen molar-refractivity contribution in [1.29, 1.82) is 0 Å². The number of allylic oxidation sites excluding steroid dienone is 2. The lowest BCUT2D eigenvalue weighted by molar-refractivity contribution is -0.139. The second-order valence-electron chi connectivity index (χ2n) is 5.35. The highest BCUT2D eigenvalue weighted by atomic mass is 19.1. The molecule has 0 aliphatic carbocycles. The number of benzene rings is 1. The molecule has 0 unspecified atom stereocenters. The first kappa shape index (κ1) is 17.3.